The molecular weight excluding hydrogens is 272 g/mol. The molecule has 0 spiro atoms. The lowest BCUT2D eigenvalue weighted by Crippen LogP contribution is -2.19. The Morgan fingerprint density at radius 2 is 1.94 bits per heavy atom. The van der Waals surface area contributed by atoms with Crippen LogP contribution in [0.4, 0.5) is 0 Å². The van der Waals surface area contributed by atoms with Crippen LogP contribution in [0.3, 0.4) is 0 Å². The van der Waals surface area contributed by atoms with Crippen LogP contribution in [0.15, 0.2) is 30.3 Å². The Labute approximate surface area is 103 Å². The van der Waals surface area contributed by atoms with E-state index in [1.54, 1.807) is 31.2 Å². The van der Waals surface area contributed by atoms with Crippen molar-refractivity contribution in [3.05, 3.63) is 35.9 Å². The molecule has 16 heavy (non-hydrogen) atoms. The summed E-state index contributed by atoms with van der Waals surface area (Å²) in [5.41, 5.74) is 0.591. The molecule has 1 rings (SSSR count). The number of esters is 1. The molecule has 0 amide bonds. The Hall–Kier alpha value is -1.16. The Balaban J connectivity index is 2.58. The number of rotatable bonds is 5. The van der Waals surface area contributed by atoms with Crippen LogP contribution < -0.4 is 0 Å². The molecule has 0 fully saturated rings. The smallest absolute Gasteiger partial charge is 0.307 e. The molecule has 0 radical (unpaired) electrons. The molecule has 1 aromatic rings. The van der Waals surface area contributed by atoms with Crippen LogP contribution in [0.5, 0.6) is 0 Å². The predicted molar refractivity (Wildman–Crippen MR) is 64.7 cm³/mol. The third-order valence-electron chi connectivity index (χ3n) is 1.99. The molecule has 1 atom stereocenters. The van der Waals surface area contributed by atoms with Crippen molar-refractivity contribution in [2.75, 3.05) is 6.61 Å². The molecule has 0 aliphatic carbocycles. The first-order valence-electron chi connectivity index (χ1n) is 5.04. The second-order valence-electron chi connectivity index (χ2n) is 3.21. The van der Waals surface area contributed by atoms with Gasteiger partial charge in [0.2, 0.25) is 0 Å². The number of hydrogen-bond donors (Lipinski definition) is 0. The molecule has 0 heterocycles. The van der Waals surface area contributed by atoms with E-state index in [4.69, 9.17) is 4.74 Å². The predicted octanol–water partition coefficient (Wildman–Crippen LogP) is 2.59. The molecule has 0 aromatic heterocycles. The quantitative estimate of drug-likeness (QED) is 0.474. The molecule has 0 saturated carbocycles. The van der Waals surface area contributed by atoms with Crippen LogP contribution >= 0.6 is 15.9 Å². The third kappa shape index (κ3) is 3.77. The van der Waals surface area contributed by atoms with Crippen LogP contribution in [-0.4, -0.2) is 23.2 Å². The number of halogens is 1. The number of alkyl halides is 1. The summed E-state index contributed by atoms with van der Waals surface area (Å²) < 4.78 is 4.78. The molecule has 0 saturated heterocycles. The summed E-state index contributed by atoms with van der Waals surface area (Å²) in [5, 5.41) is 0. The van der Waals surface area contributed by atoms with Crippen molar-refractivity contribution in [2.24, 2.45) is 0 Å². The first-order chi connectivity index (χ1) is 7.65. The molecule has 1 aromatic carbocycles. The van der Waals surface area contributed by atoms with E-state index in [-0.39, 0.29) is 18.2 Å². The summed E-state index contributed by atoms with van der Waals surface area (Å²) in [6, 6.07) is 8.86. The van der Waals surface area contributed by atoms with Gasteiger partial charge in [-0.25, -0.2) is 0 Å². The van der Waals surface area contributed by atoms with E-state index >= 15 is 0 Å². The summed E-state index contributed by atoms with van der Waals surface area (Å²) >= 11 is 3.20. The average Bonchev–Trinajstić information content (AvgIpc) is 2.29. The van der Waals surface area contributed by atoms with Crippen LogP contribution in [-0.2, 0) is 9.53 Å². The topological polar surface area (TPSA) is 43.4 Å². The number of carbonyl (C=O) groups is 2. The first kappa shape index (κ1) is 12.9. The van der Waals surface area contributed by atoms with Gasteiger partial charge >= 0.3 is 5.97 Å². The van der Waals surface area contributed by atoms with Gasteiger partial charge in [0, 0.05) is 5.56 Å². The number of Topliss-reactive ketones (excluding diaryl/α,β-unsaturated/α-hetero) is 1. The van der Waals surface area contributed by atoms with Gasteiger partial charge in [-0.15, -0.1) is 0 Å². The second-order valence-corrected chi connectivity index (χ2v) is 4.31. The number of carbonyl (C=O) groups excluding carboxylic acids is 2. The van der Waals surface area contributed by atoms with Gasteiger partial charge in [-0.3, -0.25) is 9.59 Å². The van der Waals surface area contributed by atoms with E-state index in [0.717, 1.165) is 0 Å². The van der Waals surface area contributed by atoms with Gasteiger partial charge in [-0.1, -0.05) is 46.3 Å². The molecular formula is C12H13BrO3. The Morgan fingerprint density at radius 3 is 2.50 bits per heavy atom. The fraction of sp³-hybridized carbons (Fsp3) is 0.333. The summed E-state index contributed by atoms with van der Waals surface area (Å²) in [7, 11) is 0. The highest BCUT2D eigenvalue weighted by Gasteiger charge is 2.20. The number of hydrogen-bond acceptors (Lipinski definition) is 3. The summed E-state index contributed by atoms with van der Waals surface area (Å²) in [4.78, 5) is 22.5. The van der Waals surface area contributed by atoms with Crippen LogP contribution in [0, 0.1) is 0 Å². The maximum Gasteiger partial charge on any atom is 0.307 e. The summed E-state index contributed by atoms with van der Waals surface area (Å²) in [6.07, 6.45) is 0.0571. The third-order valence-corrected chi connectivity index (χ3v) is 2.73. The van der Waals surface area contributed by atoms with Crippen LogP contribution in [0.2, 0.25) is 0 Å². The highest BCUT2D eigenvalue weighted by molar-refractivity contribution is 9.10. The van der Waals surface area contributed by atoms with E-state index in [2.05, 4.69) is 15.9 Å². The molecule has 0 N–H and O–H groups in total. The SMILES string of the molecule is CCOC(=O)CC(Br)C(=O)c1ccccc1. The van der Waals surface area contributed by atoms with Gasteiger partial charge in [0.15, 0.2) is 5.78 Å². The first-order valence-corrected chi connectivity index (χ1v) is 5.95. The number of ether oxygens (including phenoxy) is 1. The largest absolute Gasteiger partial charge is 0.466 e. The lowest BCUT2D eigenvalue weighted by atomic mass is 10.1. The van der Waals surface area contributed by atoms with Gasteiger partial charge in [0.1, 0.15) is 0 Å². The van der Waals surface area contributed by atoms with Gasteiger partial charge < -0.3 is 4.74 Å². The number of ketones is 1. The van der Waals surface area contributed by atoms with Crippen molar-refractivity contribution < 1.29 is 14.3 Å². The molecule has 4 heteroatoms. The zero-order valence-corrected chi connectivity index (χ0v) is 10.6. The van der Waals surface area contributed by atoms with Gasteiger partial charge in [0.25, 0.3) is 0 Å². The Kier molecular flexibility index (Phi) is 5.19. The maximum atomic E-state index is 11.8. The van der Waals surface area contributed by atoms with Gasteiger partial charge in [-0.05, 0) is 6.92 Å². The van der Waals surface area contributed by atoms with E-state index in [0.29, 0.717) is 12.2 Å². The zero-order chi connectivity index (χ0) is 12.0. The van der Waals surface area contributed by atoms with Gasteiger partial charge in [-0.2, -0.15) is 0 Å². The lowest BCUT2D eigenvalue weighted by Gasteiger charge is -2.08. The van der Waals surface area contributed by atoms with Crippen molar-refractivity contribution >= 4 is 27.7 Å². The average molecular weight is 285 g/mol. The van der Waals surface area contributed by atoms with Crippen molar-refractivity contribution in [2.45, 2.75) is 18.2 Å². The minimum atomic E-state index is -0.519. The minimum absolute atomic E-state index is 0.0571. The molecule has 1 unspecified atom stereocenters. The Morgan fingerprint density at radius 1 is 1.31 bits per heavy atom. The van der Waals surface area contributed by atoms with E-state index < -0.39 is 4.83 Å². The van der Waals surface area contributed by atoms with Crippen molar-refractivity contribution in [3.63, 3.8) is 0 Å². The fourth-order valence-corrected chi connectivity index (χ4v) is 1.77. The second kappa shape index (κ2) is 6.43. The molecule has 0 aliphatic heterocycles. The van der Waals surface area contributed by atoms with Crippen LogP contribution in [0.1, 0.15) is 23.7 Å². The molecule has 86 valence electrons. The highest BCUT2D eigenvalue weighted by Crippen LogP contribution is 2.14. The van der Waals surface area contributed by atoms with E-state index in [9.17, 15) is 9.59 Å². The standard InChI is InChI=1S/C12H13BrO3/c1-2-16-11(14)8-10(13)12(15)9-6-4-3-5-7-9/h3-7,10H,2,8H2,1H3. The summed E-state index contributed by atoms with van der Waals surface area (Å²) in [6.45, 7) is 2.07. The zero-order valence-electron chi connectivity index (χ0n) is 8.98. The molecule has 0 aliphatic rings. The molecule has 0 bridgehead atoms. The molecule has 3 nitrogen and oxygen atoms in total. The van der Waals surface area contributed by atoms with Gasteiger partial charge in [0.05, 0.1) is 17.9 Å². The summed E-state index contributed by atoms with van der Waals surface area (Å²) in [5.74, 6) is -0.470. The van der Waals surface area contributed by atoms with E-state index in [1.807, 2.05) is 6.07 Å². The monoisotopic (exact) mass is 284 g/mol. The normalized spacial score (nSPS) is 11.9. The minimum Gasteiger partial charge on any atom is -0.466 e. The highest BCUT2D eigenvalue weighted by atomic mass is 79.9. The van der Waals surface area contributed by atoms with Crippen LogP contribution in [0.25, 0.3) is 0 Å². The number of benzene rings is 1. The van der Waals surface area contributed by atoms with Crippen molar-refractivity contribution in [1.82, 2.24) is 0 Å². The fourth-order valence-electron chi connectivity index (χ4n) is 1.24. The van der Waals surface area contributed by atoms with Crippen molar-refractivity contribution in [1.29, 1.82) is 0 Å². The maximum absolute atomic E-state index is 11.8. The van der Waals surface area contributed by atoms with E-state index in [1.165, 1.54) is 0 Å². The van der Waals surface area contributed by atoms with Crippen molar-refractivity contribution in [3.8, 4) is 0 Å². The lowest BCUT2D eigenvalue weighted by molar-refractivity contribution is -0.142. The Bertz CT molecular complexity index is 362.